The van der Waals surface area contributed by atoms with Crippen molar-refractivity contribution >= 4 is 11.7 Å². The largest absolute Gasteiger partial charge is 0.573 e. The summed E-state index contributed by atoms with van der Waals surface area (Å²) in [5.74, 6) is -0.815. The second-order valence-electron chi connectivity index (χ2n) is 5.48. The van der Waals surface area contributed by atoms with Crippen LogP contribution in [0, 0.1) is 10.1 Å². The Balaban J connectivity index is 2.31. The van der Waals surface area contributed by atoms with E-state index in [1.54, 1.807) is 6.92 Å². The Hall–Kier alpha value is -3.10. The third-order valence-corrected chi connectivity index (χ3v) is 3.60. The summed E-state index contributed by atoms with van der Waals surface area (Å²) in [6.45, 7) is 1.89. The van der Waals surface area contributed by atoms with Gasteiger partial charge >= 0.3 is 12.3 Å². The van der Waals surface area contributed by atoms with Gasteiger partial charge in [-0.25, -0.2) is 0 Å². The number of benzene rings is 2. The average molecular weight is 383 g/mol. The van der Waals surface area contributed by atoms with Crippen LogP contribution in [0.3, 0.4) is 0 Å². The second kappa shape index (κ2) is 8.52. The van der Waals surface area contributed by atoms with Crippen LogP contribution in [-0.2, 0) is 16.0 Å². The van der Waals surface area contributed by atoms with E-state index < -0.39 is 17.3 Å². The molecule has 0 aliphatic rings. The molecule has 2 aromatic carbocycles. The van der Waals surface area contributed by atoms with Crippen LogP contribution in [0.5, 0.6) is 5.75 Å². The molecule has 0 aromatic heterocycles. The average Bonchev–Trinajstić information content (AvgIpc) is 2.59. The second-order valence-corrected chi connectivity index (χ2v) is 5.48. The number of carbonyl (C=O) groups is 1. The van der Waals surface area contributed by atoms with Gasteiger partial charge in [-0.15, -0.1) is 13.2 Å². The SMILES string of the molecule is CCOC(=O)CCc1cc([N+](=O)[O-])ccc1-c1ccc(OC(F)(F)F)cc1. The van der Waals surface area contributed by atoms with Gasteiger partial charge in [0.15, 0.2) is 0 Å². The van der Waals surface area contributed by atoms with Crippen LogP contribution in [0.2, 0.25) is 0 Å². The summed E-state index contributed by atoms with van der Waals surface area (Å²) >= 11 is 0. The monoisotopic (exact) mass is 383 g/mol. The van der Waals surface area contributed by atoms with E-state index in [2.05, 4.69) is 4.74 Å². The third kappa shape index (κ3) is 5.98. The number of hydrogen-bond acceptors (Lipinski definition) is 5. The molecule has 6 nitrogen and oxygen atoms in total. The van der Waals surface area contributed by atoms with Crippen LogP contribution >= 0.6 is 0 Å². The van der Waals surface area contributed by atoms with Crippen molar-refractivity contribution in [1.82, 2.24) is 0 Å². The maximum atomic E-state index is 12.3. The quantitative estimate of drug-likeness (QED) is 0.395. The van der Waals surface area contributed by atoms with Gasteiger partial charge in [-0.2, -0.15) is 0 Å². The lowest BCUT2D eigenvalue weighted by Gasteiger charge is -2.12. The first-order valence-electron chi connectivity index (χ1n) is 7.98. The maximum Gasteiger partial charge on any atom is 0.573 e. The number of rotatable bonds is 7. The van der Waals surface area contributed by atoms with Gasteiger partial charge in [-0.3, -0.25) is 14.9 Å². The van der Waals surface area contributed by atoms with Crippen LogP contribution < -0.4 is 4.74 Å². The molecule has 0 radical (unpaired) electrons. The summed E-state index contributed by atoms with van der Waals surface area (Å²) in [7, 11) is 0. The summed E-state index contributed by atoms with van der Waals surface area (Å²) in [5, 5.41) is 11.0. The minimum Gasteiger partial charge on any atom is -0.466 e. The predicted molar refractivity (Wildman–Crippen MR) is 90.2 cm³/mol. The van der Waals surface area contributed by atoms with Crippen molar-refractivity contribution in [3.63, 3.8) is 0 Å². The van der Waals surface area contributed by atoms with Crippen LogP contribution in [0.4, 0.5) is 18.9 Å². The van der Waals surface area contributed by atoms with Crippen LogP contribution in [-0.4, -0.2) is 23.9 Å². The Kier molecular flexibility index (Phi) is 6.38. The van der Waals surface area contributed by atoms with Gasteiger partial charge in [0.1, 0.15) is 5.75 Å². The smallest absolute Gasteiger partial charge is 0.466 e. The number of aryl methyl sites for hydroxylation is 1. The van der Waals surface area contributed by atoms with E-state index in [4.69, 9.17) is 4.74 Å². The predicted octanol–water partition coefficient (Wildman–Crippen LogP) is 4.66. The highest BCUT2D eigenvalue weighted by Gasteiger charge is 2.31. The van der Waals surface area contributed by atoms with Crippen LogP contribution in [0.25, 0.3) is 11.1 Å². The van der Waals surface area contributed by atoms with Crippen molar-refractivity contribution in [2.45, 2.75) is 26.1 Å². The van der Waals surface area contributed by atoms with Gasteiger partial charge in [-0.1, -0.05) is 12.1 Å². The van der Waals surface area contributed by atoms with E-state index in [1.165, 1.54) is 30.3 Å². The van der Waals surface area contributed by atoms with E-state index >= 15 is 0 Å². The zero-order chi connectivity index (χ0) is 20.0. The summed E-state index contributed by atoms with van der Waals surface area (Å²) in [6.07, 6.45) is -4.58. The van der Waals surface area contributed by atoms with Crippen molar-refractivity contribution in [2.75, 3.05) is 6.61 Å². The first-order chi connectivity index (χ1) is 12.7. The molecule has 0 saturated heterocycles. The van der Waals surface area contributed by atoms with Gasteiger partial charge in [0.05, 0.1) is 11.5 Å². The molecule has 0 saturated carbocycles. The van der Waals surface area contributed by atoms with E-state index in [0.717, 1.165) is 12.1 Å². The molecule has 0 unspecified atom stereocenters. The Bertz CT molecular complexity index is 819. The van der Waals surface area contributed by atoms with E-state index in [-0.39, 0.29) is 30.9 Å². The zero-order valence-electron chi connectivity index (χ0n) is 14.3. The van der Waals surface area contributed by atoms with Crippen molar-refractivity contribution < 1.29 is 32.4 Å². The molecule has 2 rings (SSSR count). The Labute approximate surface area is 152 Å². The molecule has 0 heterocycles. The number of nitro benzene ring substituents is 1. The minimum atomic E-state index is -4.79. The summed E-state index contributed by atoms with van der Waals surface area (Å²) in [5.41, 5.74) is 1.48. The standard InChI is InChI=1S/C18H16F3NO5/c1-2-26-17(23)10-5-13-11-14(22(24)25)6-9-16(13)12-3-7-15(8-4-12)27-18(19,20)21/h3-4,6-9,11H,2,5,10H2,1H3. The van der Waals surface area contributed by atoms with Crippen molar-refractivity contribution in [1.29, 1.82) is 0 Å². The number of ether oxygens (including phenoxy) is 2. The molecular weight excluding hydrogens is 367 g/mol. The van der Waals surface area contributed by atoms with Gasteiger partial charge in [-0.05, 0) is 48.2 Å². The van der Waals surface area contributed by atoms with Gasteiger partial charge in [0.25, 0.3) is 5.69 Å². The lowest BCUT2D eigenvalue weighted by Crippen LogP contribution is -2.16. The van der Waals surface area contributed by atoms with Crippen molar-refractivity contribution in [3.8, 4) is 16.9 Å². The number of non-ortho nitro benzene ring substituents is 1. The minimum absolute atomic E-state index is 0.0251. The van der Waals surface area contributed by atoms with E-state index in [1.807, 2.05) is 0 Å². The van der Waals surface area contributed by atoms with Gasteiger partial charge in [0, 0.05) is 18.6 Å². The summed E-state index contributed by atoms with van der Waals surface area (Å²) in [6, 6.07) is 9.27. The van der Waals surface area contributed by atoms with Gasteiger partial charge in [0.2, 0.25) is 0 Å². The topological polar surface area (TPSA) is 78.7 Å². The van der Waals surface area contributed by atoms with Crippen molar-refractivity contribution in [3.05, 3.63) is 58.1 Å². The summed E-state index contributed by atoms with van der Waals surface area (Å²) in [4.78, 5) is 22.0. The molecule has 0 spiro atoms. The molecule has 0 bridgehead atoms. The molecule has 144 valence electrons. The van der Waals surface area contributed by atoms with Crippen LogP contribution in [0.15, 0.2) is 42.5 Å². The van der Waals surface area contributed by atoms with Crippen molar-refractivity contribution in [2.24, 2.45) is 0 Å². The first-order valence-corrected chi connectivity index (χ1v) is 7.98. The molecule has 9 heteroatoms. The van der Waals surface area contributed by atoms with E-state index in [9.17, 15) is 28.1 Å². The maximum absolute atomic E-state index is 12.3. The molecule has 0 N–H and O–H groups in total. The molecule has 0 amide bonds. The lowest BCUT2D eigenvalue weighted by atomic mass is 9.96. The number of nitro groups is 1. The molecule has 27 heavy (non-hydrogen) atoms. The highest BCUT2D eigenvalue weighted by Crippen LogP contribution is 2.31. The lowest BCUT2D eigenvalue weighted by molar-refractivity contribution is -0.384. The number of esters is 1. The summed E-state index contributed by atoms with van der Waals surface area (Å²) < 4.78 is 45.5. The van der Waals surface area contributed by atoms with Crippen LogP contribution in [0.1, 0.15) is 18.9 Å². The molecule has 0 aliphatic heterocycles. The van der Waals surface area contributed by atoms with Gasteiger partial charge < -0.3 is 9.47 Å². The number of nitrogens with zero attached hydrogens (tertiary/aromatic N) is 1. The third-order valence-electron chi connectivity index (χ3n) is 3.60. The fraction of sp³-hybridized carbons (Fsp3) is 0.278. The molecule has 0 atom stereocenters. The normalized spacial score (nSPS) is 11.1. The number of hydrogen-bond donors (Lipinski definition) is 0. The highest BCUT2D eigenvalue weighted by molar-refractivity contribution is 5.73. The fourth-order valence-corrected chi connectivity index (χ4v) is 2.49. The number of alkyl halides is 3. The molecule has 2 aromatic rings. The number of halogens is 3. The number of carbonyl (C=O) groups excluding carboxylic acids is 1. The molecular formula is C18H16F3NO5. The first kappa shape index (κ1) is 20.2. The highest BCUT2D eigenvalue weighted by atomic mass is 19.4. The fourth-order valence-electron chi connectivity index (χ4n) is 2.49. The Morgan fingerprint density at radius 2 is 1.81 bits per heavy atom. The molecule has 0 fully saturated rings. The Morgan fingerprint density at radius 3 is 2.37 bits per heavy atom. The molecule has 0 aliphatic carbocycles. The Morgan fingerprint density at radius 1 is 1.15 bits per heavy atom. The van der Waals surface area contributed by atoms with E-state index in [0.29, 0.717) is 16.7 Å². The zero-order valence-corrected chi connectivity index (χ0v) is 14.3.